The zero-order chi connectivity index (χ0) is 32.3. The Labute approximate surface area is 270 Å². The second-order valence-electron chi connectivity index (χ2n) is 12.1. The highest BCUT2D eigenvalue weighted by molar-refractivity contribution is 7.93. The maximum atomic E-state index is 14.8. The summed E-state index contributed by atoms with van der Waals surface area (Å²) in [7, 11) is -5.87. The van der Waals surface area contributed by atoms with Crippen LogP contribution < -0.4 is 10.0 Å². The first-order chi connectivity index (χ1) is 20.6. The molecule has 10 nitrogen and oxygen atoms in total. The van der Waals surface area contributed by atoms with Gasteiger partial charge in [-0.05, 0) is 52.3 Å². The van der Waals surface area contributed by atoms with Crippen LogP contribution in [0.15, 0.2) is 48.5 Å². The molecule has 0 unspecified atom stereocenters. The van der Waals surface area contributed by atoms with Crippen LogP contribution in [0.2, 0.25) is 10.0 Å². The third-order valence-electron chi connectivity index (χ3n) is 8.48. The average Bonchev–Trinajstić information content (AvgIpc) is 3.19. The minimum Gasteiger partial charge on any atom is -0.401 e. The molecule has 1 amide bonds. The van der Waals surface area contributed by atoms with Crippen molar-refractivity contribution in [2.75, 3.05) is 31.0 Å². The zero-order valence-electron chi connectivity index (χ0n) is 25.7. The molecular formula is C30H40BCl2N3O7S. The van der Waals surface area contributed by atoms with Crippen molar-refractivity contribution >= 4 is 57.7 Å². The third-order valence-corrected chi connectivity index (χ3v) is 10.8. The molecule has 2 aromatic rings. The summed E-state index contributed by atoms with van der Waals surface area (Å²) in [6, 6.07) is 12.8. The number of hydrogen-bond acceptors (Lipinski definition) is 8. The van der Waals surface area contributed by atoms with Crippen molar-refractivity contribution in [3.63, 3.8) is 0 Å². The van der Waals surface area contributed by atoms with E-state index in [0.717, 1.165) is 0 Å². The largest absolute Gasteiger partial charge is 0.502 e. The fourth-order valence-corrected chi connectivity index (χ4v) is 7.58. The first-order valence-electron chi connectivity index (χ1n) is 14.7. The Morgan fingerprint density at radius 2 is 1.64 bits per heavy atom. The Morgan fingerprint density at radius 3 is 2.23 bits per heavy atom. The van der Waals surface area contributed by atoms with Crippen molar-refractivity contribution in [3.8, 4) is 0 Å². The highest BCUT2D eigenvalue weighted by atomic mass is 35.5. The second kappa shape index (κ2) is 13.7. The molecule has 2 heterocycles. The van der Waals surface area contributed by atoms with E-state index in [0.29, 0.717) is 12.0 Å². The summed E-state index contributed by atoms with van der Waals surface area (Å²) < 4.78 is 50.8. The molecule has 2 N–H and O–H groups in total. The molecule has 2 aliphatic rings. The summed E-state index contributed by atoms with van der Waals surface area (Å²) >= 11 is 12.6. The molecule has 0 spiro atoms. The molecule has 14 heteroatoms. The number of rotatable bonds is 12. The zero-order valence-corrected chi connectivity index (χ0v) is 28.0. The van der Waals surface area contributed by atoms with E-state index in [9.17, 15) is 18.0 Å². The lowest BCUT2D eigenvalue weighted by molar-refractivity contribution is -0.126. The molecule has 2 atom stereocenters. The van der Waals surface area contributed by atoms with Crippen LogP contribution in [0.4, 0.5) is 5.69 Å². The number of carbonyl (C=O) groups is 2. The van der Waals surface area contributed by atoms with E-state index in [1.54, 1.807) is 35.2 Å². The van der Waals surface area contributed by atoms with Gasteiger partial charge in [0.1, 0.15) is 10.8 Å². The number of nitrogens with zero attached hydrogens (tertiary/aromatic N) is 1. The predicted octanol–water partition coefficient (Wildman–Crippen LogP) is 4.95. The Bertz CT molecular complexity index is 1440. The average molecular weight is 668 g/mol. The Kier molecular flexibility index (Phi) is 10.8. The number of amides is 1. The summed E-state index contributed by atoms with van der Waals surface area (Å²) in [5.41, 5.74) is -3.32. The van der Waals surface area contributed by atoms with Crippen molar-refractivity contribution in [2.24, 2.45) is 0 Å². The number of ether oxygens (including phenoxy) is 1. The van der Waals surface area contributed by atoms with E-state index in [2.05, 4.69) is 10.0 Å². The standard InChI is InChI=1S/C30H40BCl2N3O7S/c1-6-10-27(38)34-30(36-15-17-41-18-16-36,31-42-28(2,3)29(4,5)43-31)26(20-25(37)21-11-8-7-9-12-21)44(39,40)35-24-19-22(32)13-14-23(24)33/h7-9,11-14,19,26,35H,6,10,15-18,20H2,1-5H3,(H,34,38)/t26-,30+/m1/s1. The van der Waals surface area contributed by atoms with Crippen LogP contribution in [0.25, 0.3) is 0 Å². The van der Waals surface area contributed by atoms with E-state index >= 15 is 0 Å². The summed E-state index contributed by atoms with van der Waals surface area (Å²) in [6.45, 7) is 10.2. The van der Waals surface area contributed by atoms with Gasteiger partial charge in [0.2, 0.25) is 15.9 Å². The van der Waals surface area contributed by atoms with Crippen molar-refractivity contribution in [1.82, 2.24) is 10.2 Å². The maximum absolute atomic E-state index is 14.8. The van der Waals surface area contributed by atoms with Crippen LogP contribution in [0.5, 0.6) is 0 Å². The van der Waals surface area contributed by atoms with Crippen molar-refractivity contribution in [1.29, 1.82) is 0 Å². The molecule has 44 heavy (non-hydrogen) atoms. The van der Waals surface area contributed by atoms with E-state index in [4.69, 9.17) is 37.2 Å². The van der Waals surface area contributed by atoms with E-state index < -0.39 is 57.3 Å². The Balaban J connectivity index is 1.97. The highest BCUT2D eigenvalue weighted by Crippen LogP contribution is 2.44. The molecule has 0 aliphatic carbocycles. The first-order valence-corrected chi connectivity index (χ1v) is 17.0. The number of halogens is 2. The minimum absolute atomic E-state index is 0.0287. The predicted molar refractivity (Wildman–Crippen MR) is 172 cm³/mol. The molecule has 2 fully saturated rings. The number of hydrogen-bond donors (Lipinski definition) is 2. The lowest BCUT2D eigenvalue weighted by atomic mass is 9.65. The lowest BCUT2D eigenvalue weighted by Crippen LogP contribution is -2.78. The molecule has 2 aromatic carbocycles. The number of carbonyl (C=O) groups excluding carboxylic acids is 2. The molecule has 0 bridgehead atoms. The number of nitrogens with one attached hydrogen (secondary N) is 2. The van der Waals surface area contributed by atoms with Gasteiger partial charge >= 0.3 is 7.12 Å². The molecule has 0 aromatic heterocycles. The summed E-state index contributed by atoms with van der Waals surface area (Å²) in [4.78, 5) is 29.3. The molecule has 0 radical (unpaired) electrons. The van der Waals surface area contributed by atoms with Gasteiger partial charge in [0, 0.05) is 36.5 Å². The topological polar surface area (TPSA) is 123 Å². The maximum Gasteiger partial charge on any atom is 0.502 e. The molecule has 240 valence electrons. The van der Waals surface area contributed by atoms with Gasteiger partial charge in [-0.3, -0.25) is 19.2 Å². The Morgan fingerprint density at radius 1 is 1.02 bits per heavy atom. The Hall–Kier alpha value is -2.19. The number of Topliss-reactive ketones (excluding diaryl/α,β-unsaturated/α-hetero) is 1. The highest BCUT2D eigenvalue weighted by Gasteiger charge is 2.68. The van der Waals surface area contributed by atoms with Crippen LogP contribution >= 0.6 is 23.2 Å². The van der Waals surface area contributed by atoms with Gasteiger partial charge in [0.15, 0.2) is 5.78 Å². The quantitative estimate of drug-likeness (QED) is 0.241. The van der Waals surface area contributed by atoms with E-state index in [1.165, 1.54) is 18.2 Å². The monoisotopic (exact) mass is 667 g/mol. The van der Waals surface area contributed by atoms with Crippen LogP contribution in [0.3, 0.4) is 0 Å². The lowest BCUT2D eigenvalue weighted by Gasteiger charge is -2.50. The number of anilines is 1. The molecule has 2 saturated heterocycles. The molecular weight excluding hydrogens is 628 g/mol. The van der Waals surface area contributed by atoms with Crippen LogP contribution in [-0.4, -0.2) is 80.4 Å². The summed E-state index contributed by atoms with van der Waals surface area (Å²) in [5.74, 6) is -0.862. The first kappa shape index (κ1) is 34.7. The fourth-order valence-electron chi connectivity index (χ4n) is 5.40. The van der Waals surface area contributed by atoms with Crippen molar-refractivity contribution < 1.29 is 32.1 Å². The van der Waals surface area contributed by atoms with Gasteiger partial charge in [0.05, 0.1) is 35.1 Å². The van der Waals surface area contributed by atoms with Gasteiger partial charge < -0.3 is 19.4 Å². The number of morpholine rings is 1. The van der Waals surface area contributed by atoms with Crippen molar-refractivity contribution in [3.05, 3.63) is 64.1 Å². The van der Waals surface area contributed by atoms with Gasteiger partial charge in [-0.15, -0.1) is 0 Å². The number of sulfonamides is 1. The fraction of sp³-hybridized carbons (Fsp3) is 0.533. The van der Waals surface area contributed by atoms with Gasteiger partial charge in [-0.2, -0.15) is 0 Å². The van der Waals surface area contributed by atoms with Gasteiger partial charge in [-0.25, -0.2) is 8.42 Å². The molecule has 4 rings (SSSR count). The van der Waals surface area contributed by atoms with Crippen LogP contribution in [0.1, 0.15) is 64.2 Å². The summed E-state index contributed by atoms with van der Waals surface area (Å²) in [6.07, 6.45) is 0.0923. The molecule has 2 aliphatic heterocycles. The van der Waals surface area contributed by atoms with Crippen LogP contribution in [0, 0.1) is 0 Å². The van der Waals surface area contributed by atoms with Gasteiger partial charge in [-0.1, -0.05) is 60.5 Å². The number of benzene rings is 2. The normalized spacial score (nSPS) is 20.5. The minimum atomic E-state index is -4.57. The number of ketones is 1. The molecule has 0 saturated carbocycles. The van der Waals surface area contributed by atoms with E-state index in [1.807, 2.05) is 34.6 Å². The van der Waals surface area contributed by atoms with Crippen molar-refractivity contribution in [2.45, 2.75) is 75.9 Å². The third kappa shape index (κ3) is 7.27. The smallest absolute Gasteiger partial charge is 0.401 e. The van der Waals surface area contributed by atoms with E-state index in [-0.39, 0.29) is 48.5 Å². The second-order valence-corrected chi connectivity index (χ2v) is 14.8. The van der Waals surface area contributed by atoms with Crippen LogP contribution in [-0.2, 0) is 28.9 Å². The SMILES string of the molecule is CCCC(=O)N[C@@](B1OC(C)(C)C(C)(C)O1)([C@@H](CC(=O)c1ccccc1)S(=O)(=O)Nc1cc(Cl)ccc1Cl)N1CCOCC1. The van der Waals surface area contributed by atoms with Gasteiger partial charge in [0.25, 0.3) is 0 Å². The summed E-state index contributed by atoms with van der Waals surface area (Å²) in [5, 5.41) is 1.77.